The number of allylic oxidation sites excluding steroid dienone is 3. The van der Waals surface area contributed by atoms with E-state index in [1.165, 1.54) is 30.4 Å². The van der Waals surface area contributed by atoms with Gasteiger partial charge in [0.2, 0.25) is 0 Å². The van der Waals surface area contributed by atoms with Crippen molar-refractivity contribution in [1.29, 1.82) is 0 Å². The third kappa shape index (κ3) is 9.49. The zero-order valence-corrected chi connectivity index (χ0v) is 28.4. The summed E-state index contributed by atoms with van der Waals surface area (Å²) in [6.07, 6.45) is 10.4. The molecule has 6 heteroatoms. The molecule has 0 bridgehead atoms. The molecular formula is C33H50Cl2MnN3-. The number of benzene rings is 1. The zero-order chi connectivity index (χ0) is 29.3. The molecule has 0 radical (unpaired) electrons. The molecule has 1 heterocycles. The summed E-state index contributed by atoms with van der Waals surface area (Å²) in [5.74, 6) is 3.48. The second-order valence-corrected chi connectivity index (χ2v) is 14.3. The molecule has 3 nitrogen and oxygen atoms in total. The summed E-state index contributed by atoms with van der Waals surface area (Å²) in [7, 11) is 9.59. The van der Waals surface area contributed by atoms with Crippen molar-refractivity contribution in [3.8, 4) is 0 Å². The van der Waals surface area contributed by atoms with Crippen molar-refractivity contribution >= 4 is 37.3 Å². The standard InChI is InChI=1S/C33H50N3.2ClH.Mn/c1-20(2)26-14-11-15-27(21(3)4)32(26)34-24(9)30-18-13-19-31(36-30)25(10)35-33-28(22(5)6)16-12-17-29(33)23(7)8;;;/h11,13-15,18-23,28-30,33H,12,16-17H2,1-10H3;2*1H;/q-1;;;+2/p-2. The van der Waals surface area contributed by atoms with E-state index in [2.05, 4.69) is 106 Å². The van der Waals surface area contributed by atoms with Crippen molar-refractivity contribution in [1.82, 2.24) is 0 Å². The van der Waals surface area contributed by atoms with Gasteiger partial charge in [-0.15, -0.1) is 5.70 Å². The van der Waals surface area contributed by atoms with Gasteiger partial charge in [-0.05, 0) is 73.3 Å². The van der Waals surface area contributed by atoms with E-state index in [-0.39, 0.29) is 19.2 Å². The van der Waals surface area contributed by atoms with Crippen molar-refractivity contribution in [3.05, 3.63) is 58.6 Å². The topological polar surface area (TPSA) is 38.8 Å². The van der Waals surface area contributed by atoms with Gasteiger partial charge in [0.15, 0.2) is 0 Å². The number of hydrogen-bond acceptors (Lipinski definition) is 2. The number of aliphatic imine (C=N–C) groups is 2. The van der Waals surface area contributed by atoms with Crippen LogP contribution in [0.15, 0.2) is 52.1 Å². The number of rotatable bonds is 8. The first-order chi connectivity index (χ1) is 18.4. The van der Waals surface area contributed by atoms with Gasteiger partial charge in [0.1, 0.15) is 0 Å². The van der Waals surface area contributed by atoms with Gasteiger partial charge in [-0.25, -0.2) is 0 Å². The molecule has 0 saturated heterocycles. The molecule has 2 aliphatic rings. The van der Waals surface area contributed by atoms with Gasteiger partial charge in [-0.2, -0.15) is 0 Å². The molecule has 3 atom stereocenters. The Labute approximate surface area is 254 Å². The molecule has 1 fully saturated rings. The summed E-state index contributed by atoms with van der Waals surface area (Å²) in [4.78, 5) is 10.6. The summed E-state index contributed by atoms with van der Waals surface area (Å²) in [5, 5.41) is 5.14. The van der Waals surface area contributed by atoms with Gasteiger partial charge >= 0.3 is 33.3 Å². The fraction of sp³-hybridized carbons (Fsp3) is 0.636. The van der Waals surface area contributed by atoms with Crippen LogP contribution in [0.4, 0.5) is 5.69 Å². The molecule has 3 unspecified atom stereocenters. The van der Waals surface area contributed by atoms with Crippen LogP contribution in [0, 0.1) is 23.7 Å². The Hall–Kier alpha value is -1.06. The van der Waals surface area contributed by atoms with Crippen LogP contribution >= 0.6 is 20.2 Å². The quantitative estimate of drug-likeness (QED) is 0.206. The SMILES string of the molecule is CC(=NC1C(C(C)C)CCCC1C(C)C)C1=CC=CC(C(C)=Nc2c(C(C)C)cccc2C(C)C)[N-]1.[Cl][Mn][Cl]. The third-order valence-electron chi connectivity index (χ3n) is 8.26. The van der Waals surface area contributed by atoms with Gasteiger partial charge in [0.05, 0.1) is 11.7 Å². The first-order valence-electron chi connectivity index (χ1n) is 14.6. The molecule has 1 aromatic carbocycles. The molecule has 3 rings (SSSR count). The number of hydrogen-bond donors (Lipinski definition) is 0. The van der Waals surface area contributed by atoms with Crippen LogP contribution in [0.2, 0.25) is 0 Å². The molecule has 1 aromatic rings. The number of halogens is 2. The van der Waals surface area contributed by atoms with Gasteiger partial charge < -0.3 is 5.32 Å². The molecule has 1 aliphatic carbocycles. The van der Waals surface area contributed by atoms with Crippen molar-refractivity contribution < 1.29 is 13.1 Å². The Morgan fingerprint density at radius 2 is 1.41 bits per heavy atom. The molecule has 1 aliphatic heterocycles. The fourth-order valence-corrected chi connectivity index (χ4v) is 6.00. The van der Waals surface area contributed by atoms with Crippen LogP contribution in [0.3, 0.4) is 0 Å². The van der Waals surface area contributed by atoms with Gasteiger partial charge in [0.25, 0.3) is 0 Å². The average Bonchev–Trinajstić information content (AvgIpc) is 2.88. The van der Waals surface area contributed by atoms with Crippen LogP contribution in [0.25, 0.3) is 5.32 Å². The molecular weight excluding hydrogens is 564 g/mol. The summed E-state index contributed by atoms with van der Waals surface area (Å²) in [5.41, 5.74) is 6.88. The van der Waals surface area contributed by atoms with E-state index in [1.807, 2.05) is 0 Å². The van der Waals surface area contributed by atoms with Gasteiger partial charge in [0, 0.05) is 11.4 Å². The number of nitrogens with zero attached hydrogens (tertiary/aromatic N) is 3. The Bertz CT molecular complexity index is 997. The Kier molecular flexibility index (Phi) is 14.4. The molecule has 1 saturated carbocycles. The van der Waals surface area contributed by atoms with Crippen LogP contribution in [0.1, 0.15) is 111 Å². The molecule has 219 valence electrons. The van der Waals surface area contributed by atoms with Crippen LogP contribution in [-0.2, 0) is 13.1 Å². The normalized spacial score (nSPS) is 24.2. The van der Waals surface area contributed by atoms with E-state index < -0.39 is 0 Å². The Morgan fingerprint density at radius 3 is 1.87 bits per heavy atom. The molecule has 0 amide bonds. The van der Waals surface area contributed by atoms with Crippen molar-refractivity contribution in [2.24, 2.45) is 33.7 Å². The van der Waals surface area contributed by atoms with Crippen LogP contribution in [-0.4, -0.2) is 23.5 Å². The maximum atomic E-state index is 5.40. The predicted octanol–water partition coefficient (Wildman–Crippen LogP) is 11.2. The van der Waals surface area contributed by atoms with Gasteiger partial charge in [-0.3, -0.25) is 9.98 Å². The maximum absolute atomic E-state index is 5.40. The number of para-hydroxylation sites is 1. The summed E-state index contributed by atoms with van der Waals surface area (Å²) >= 11 is 0.00694. The first-order valence-corrected chi connectivity index (χ1v) is 17.9. The van der Waals surface area contributed by atoms with Crippen molar-refractivity contribution in [3.63, 3.8) is 0 Å². The van der Waals surface area contributed by atoms with Crippen molar-refractivity contribution in [2.75, 3.05) is 0 Å². The van der Waals surface area contributed by atoms with E-state index in [0.29, 0.717) is 41.5 Å². The molecule has 39 heavy (non-hydrogen) atoms. The Balaban J connectivity index is 0.00000170. The molecule has 0 spiro atoms. The predicted molar refractivity (Wildman–Crippen MR) is 171 cm³/mol. The monoisotopic (exact) mass is 613 g/mol. The minimum atomic E-state index is -0.0523. The molecule has 0 aromatic heterocycles. The summed E-state index contributed by atoms with van der Waals surface area (Å²) < 4.78 is 0. The van der Waals surface area contributed by atoms with E-state index in [4.69, 9.17) is 35.5 Å². The second-order valence-electron chi connectivity index (χ2n) is 12.4. The minimum absolute atomic E-state index is 0.00694. The van der Waals surface area contributed by atoms with Crippen molar-refractivity contribution in [2.45, 2.75) is 112 Å². The Morgan fingerprint density at radius 1 is 0.897 bits per heavy atom. The average molecular weight is 615 g/mol. The van der Waals surface area contributed by atoms with Crippen LogP contribution < -0.4 is 0 Å². The van der Waals surface area contributed by atoms with Gasteiger partial charge in [-0.1, -0.05) is 104 Å². The third-order valence-corrected chi connectivity index (χ3v) is 8.26. The fourth-order valence-electron chi connectivity index (χ4n) is 6.00. The second kappa shape index (κ2) is 16.4. The molecule has 0 N–H and O–H groups in total. The summed E-state index contributed by atoms with van der Waals surface area (Å²) in [6, 6.07) is 6.95. The van der Waals surface area contributed by atoms with E-state index in [0.717, 1.165) is 22.8 Å². The van der Waals surface area contributed by atoms with E-state index >= 15 is 0 Å². The van der Waals surface area contributed by atoms with Crippen LogP contribution in [0.5, 0.6) is 0 Å². The van der Waals surface area contributed by atoms with E-state index in [1.54, 1.807) is 0 Å². The summed E-state index contributed by atoms with van der Waals surface area (Å²) in [6.45, 7) is 22.8. The first kappa shape index (κ1) is 34.1. The zero-order valence-electron chi connectivity index (χ0n) is 25.7. The van der Waals surface area contributed by atoms with E-state index in [9.17, 15) is 0 Å².